The van der Waals surface area contributed by atoms with Crippen LogP contribution in [0.4, 0.5) is 0 Å². The maximum atomic E-state index is 12.1. The summed E-state index contributed by atoms with van der Waals surface area (Å²) >= 11 is 0. The Morgan fingerprint density at radius 1 is 1.30 bits per heavy atom. The first kappa shape index (κ1) is 14.9. The average Bonchev–Trinajstić information content (AvgIpc) is 2.87. The van der Waals surface area contributed by atoms with Gasteiger partial charge in [-0.2, -0.15) is 0 Å². The van der Waals surface area contributed by atoms with Crippen LogP contribution in [0.25, 0.3) is 0 Å². The highest BCUT2D eigenvalue weighted by atomic mass is 16.2. The largest absolute Gasteiger partial charge is 0.339 e. The number of aryl methyl sites for hydroxylation is 1. The molecule has 1 aromatic heterocycles. The van der Waals surface area contributed by atoms with Gasteiger partial charge in [-0.1, -0.05) is 5.21 Å². The summed E-state index contributed by atoms with van der Waals surface area (Å²) in [7, 11) is 2.08. The molecule has 1 aliphatic rings. The van der Waals surface area contributed by atoms with Gasteiger partial charge < -0.3 is 15.5 Å². The number of hydrogen-bond donors (Lipinski definition) is 1. The molecule has 7 nitrogen and oxygen atoms in total. The maximum Gasteiger partial charge on any atom is 0.244 e. The second-order valence-corrected chi connectivity index (χ2v) is 5.34. The molecular formula is C13H24N6O. The summed E-state index contributed by atoms with van der Waals surface area (Å²) in [5, 5.41) is 8.11. The Kier molecular flexibility index (Phi) is 5.49. The fraction of sp³-hybridized carbons (Fsp3) is 0.769. The Labute approximate surface area is 119 Å². The van der Waals surface area contributed by atoms with Crippen LogP contribution in [-0.4, -0.2) is 70.5 Å². The lowest BCUT2D eigenvalue weighted by atomic mass is 10.2. The van der Waals surface area contributed by atoms with Crippen LogP contribution in [0.5, 0.6) is 0 Å². The SMILES string of the molecule is CN1CCN(C(=O)Cn2cc(CCCCN)nn2)CC1. The first-order valence-corrected chi connectivity index (χ1v) is 7.24. The van der Waals surface area contributed by atoms with Gasteiger partial charge in [0.05, 0.1) is 5.69 Å². The normalized spacial score (nSPS) is 16.6. The Morgan fingerprint density at radius 3 is 2.75 bits per heavy atom. The molecule has 0 atom stereocenters. The van der Waals surface area contributed by atoms with E-state index in [1.54, 1.807) is 4.68 Å². The van der Waals surface area contributed by atoms with Crippen molar-refractivity contribution in [3.05, 3.63) is 11.9 Å². The molecule has 2 N–H and O–H groups in total. The summed E-state index contributed by atoms with van der Waals surface area (Å²) in [6.07, 6.45) is 4.75. The smallest absolute Gasteiger partial charge is 0.244 e. The van der Waals surface area contributed by atoms with Crippen LogP contribution in [0.1, 0.15) is 18.5 Å². The second kappa shape index (κ2) is 7.35. The van der Waals surface area contributed by atoms with Gasteiger partial charge >= 0.3 is 0 Å². The van der Waals surface area contributed by atoms with Crippen molar-refractivity contribution in [2.75, 3.05) is 39.8 Å². The molecule has 0 saturated carbocycles. The van der Waals surface area contributed by atoms with Gasteiger partial charge in [0.25, 0.3) is 0 Å². The number of piperazine rings is 1. The van der Waals surface area contributed by atoms with Gasteiger partial charge in [0, 0.05) is 32.4 Å². The van der Waals surface area contributed by atoms with E-state index in [2.05, 4.69) is 22.3 Å². The van der Waals surface area contributed by atoms with Gasteiger partial charge in [-0.15, -0.1) is 5.10 Å². The van der Waals surface area contributed by atoms with Crippen LogP contribution < -0.4 is 5.73 Å². The number of unbranched alkanes of at least 4 members (excludes halogenated alkanes) is 1. The number of nitrogens with zero attached hydrogens (tertiary/aromatic N) is 5. The zero-order valence-corrected chi connectivity index (χ0v) is 12.2. The van der Waals surface area contributed by atoms with Gasteiger partial charge in [-0.25, -0.2) is 4.68 Å². The topological polar surface area (TPSA) is 80.3 Å². The lowest BCUT2D eigenvalue weighted by molar-refractivity contribution is -0.133. The lowest BCUT2D eigenvalue weighted by Gasteiger charge is -2.32. The van der Waals surface area contributed by atoms with E-state index in [4.69, 9.17) is 5.73 Å². The van der Waals surface area contributed by atoms with Crippen molar-refractivity contribution in [1.82, 2.24) is 24.8 Å². The minimum Gasteiger partial charge on any atom is -0.339 e. The molecule has 1 saturated heterocycles. The van der Waals surface area contributed by atoms with Crippen LogP contribution in [0.3, 0.4) is 0 Å². The fourth-order valence-electron chi connectivity index (χ4n) is 2.28. The Hall–Kier alpha value is -1.47. The highest BCUT2D eigenvalue weighted by Crippen LogP contribution is 2.03. The van der Waals surface area contributed by atoms with Crippen molar-refractivity contribution >= 4 is 5.91 Å². The molecule has 0 radical (unpaired) electrons. The van der Waals surface area contributed by atoms with Crippen molar-refractivity contribution in [2.24, 2.45) is 5.73 Å². The van der Waals surface area contributed by atoms with E-state index in [0.717, 1.165) is 51.1 Å². The highest BCUT2D eigenvalue weighted by Gasteiger charge is 2.19. The summed E-state index contributed by atoms with van der Waals surface area (Å²) in [5.74, 6) is 0.122. The molecule has 0 aliphatic carbocycles. The Bertz CT molecular complexity index is 424. The molecule has 1 aromatic rings. The van der Waals surface area contributed by atoms with E-state index in [0.29, 0.717) is 6.54 Å². The quantitative estimate of drug-likeness (QED) is 0.699. The number of nitrogens with two attached hydrogens (primary N) is 1. The van der Waals surface area contributed by atoms with Crippen LogP contribution >= 0.6 is 0 Å². The molecule has 1 amide bonds. The fourth-order valence-corrected chi connectivity index (χ4v) is 2.28. The summed E-state index contributed by atoms with van der Waals surface area (Å²) in [5.41, 5.74) is 6.40. The number of carbonyl (C=O) groups is 1. The van der Waals surface area contributed by atoms with Crippen molar-refractivity contribution in [2.45, 2.75) is 25.8 Å². The number of aromatic nitrogens is 3. The van der Waals surface area contributed by atoms with E-state index < -0.39 is 0 Å². The zero-order chi connectivity index (χ0) is 14.4. The van der Waals surface area contributed by atoms with Crippen LogP contribution in [0, 0.1) is 0 Å². The highest BCUT2D eigenvalue weighted by molar-refractivity contribution is 5.76. The summed E-state index contributed by atoms with van der Waals surface area (Å²) in [6.45, 7) is 4.46. The summed E-state index contributed by atoms with van der Waals surface area (Å²) in [6, 6.07) is 0. The van der Waals surface area contributed by atoms with Gasteiger partial charge in [0.2, 0.25) is 5.91 Å². The standard InChI is InChI=1S/C13H24N6O/c1-17-6-8-18(9-7-17)13(20)11-19-10-12(15-16-19)4-2-3-5-14/h10H,2-9,11,14H2,1H3. The minimum atomic E-state index is 0.122. The first-order valence-electron chi connectivity index (χ1n) is 7.24. The van der Waals surface area contributed by atoms with E-state index in [9.17, 15) is 4.79 Å². The van der Waals surface area contributed by atoms with E-state index in [1.807, 2.05) is 11.1 Å². The van der Waals surface area contributed by atoms with Gasteiger partial charge in [0.15, 0.2) is 0 Å². The molecule has 0 aromatic carbocycles. The third kappa shape index (κ3) is 4.28. The molecule has 2 heterocycles. The Balaban J connectivity index is 1.79. The van der Waals surface area contributed by atoms with E-state index >= 15 is 0 Å². The van der Waals surface area contributed by atoms with Gasteiger partial charge in [0.1, 0.15) is 6.54 Å². The van der Waals surface area contributed by atoms with Crippen molar-refractivity contribution in [3.63, 3.8) is 0 Å². The van der Waals surface area contributed by atoms with Crippen molar-refractivity contribution in [1.29, 1.82) is 0 Å². The summed E-state index contributed by atoms with van der Waals surface area (Å²) in [4.78, 5) is 16.3. The van der Waals surface area contributed by atoms with Gasteiger partial charge in [-0.05, 0) is 32.9 Å². The van der Waals surface area contributed by atoms with Crippen LogP contribution in [0.15, 0.2) is 6.20 Å². The number of hydrogen-bond acceptors (Lipinski definition) is 5. The molecule has 0 bridgehead atoms. The number of rotatable bonds is 6. The molecule has 112 valence electrons. The summed E-state index contributed by atoms with van der Waals surface area (Å²) < 4.78 is 1.64. The third-order valence-electron chi connectivity index (χ3n) is 3.63. The molecule has 0 spiro atoms. The van der Waals surface area contributed by atoms with E-state index in [1.165, 1.54) is 0 Å². The van der Waals surface area contributed by atoms with Crippen LogP contribution in [-0.2, 0) is 17.8 Å². The first-order chi connectivity index (χ1) is 9.69. The minimum absolute atomic E-state index is 0.122. The van der Waals surface area contributed by atoms with Crippen molar-refractivity contribution < 1.29 is 4.79 Å². The predicted molar refractivity (Wildman–Crippen MR) is 76.1 cm³/mol. The van der Waals surface area contributed by atoms with Crippen LogP contribution in [0.2, 0.25) is 0 Å². The molecule has 0 unspecified atom stereocenters. The molecule has 2 rings (SSSR count). The van der Waals surface area contributed by atoms with Crippen molar-refractivity contribution in [3.8, 4) is 0 Å². The second-order valence-electron chi connectivity index (χ2n) is 5.34. The molecule has 7 heteroatoms. The molecule has 1 fully saturated rings. The van der Waals surface area contributed by atoms with Gasteiger partial charge in [-0.3, -0.25) is 4.79 Å². The zero-order valence-electron chi connectivity index (χ0n) is 12.2. The number of amides is 1. The number of likely N-dealkylation sites (N-methyl/N-ethyl adjacent to an activating group) is 1. The lowest BCUT2D eigenvalue weighted by Crippen LogP contribution is -2.48. The monoisotopic (exact) mass is 280 g/mol. The predicted octanol–water partition coefficient (Wildman–Crippen LogP) is -0.666. The molecule has 20 heavy (non-hydrogen) atoms. The Morgan fingerprint density at radius 2 is 2.05 bits per heavy atom. The molecular weight excluding hydrogens is 256 g/mol. The van der Waals surface area contributed by atoms with E-state index in [-0.39, 0.29) is 12.5 Å². The maximum absolute atomic E-state index is 12.1. The third-order valence-corrected chi connectivity index (χ3v) is 3.63. The average molecular weight is 280 g/mol. The molecule has 1 aliphatic heterocycles. The number of carbonyl (C=O) groups excluding carboxylic acids is 1.